The van der Waals surface area contributed by atoms with E-state index in [4.69, 9.17) is 9.84 Å². The van der Waals surface area contributed by atoms with Gasteiger partial charge in [0.05, 0.1) is 6.61 Å². The zero-order chi connectivity index (χ0) is 13.9. The summed E-state index contributed by atoms with van der Waals surface area (Å²) in [7, 11) is 0. The van der Waals surface area contributed by atoms with Gasteiger partial charge in [-0.2, -0.15) is 0 Å². The van der Waals surface area contributed by atoms with Crippen LogP contribution in [0.3, 0.4) is 0 Å². The SMILES string of the molecule is OCCOc1ccc(O)c(-n2nc3ccccc3n2)c1. The predicted molar refractivity (Wildman–Crippen MR) is 73.1 cm³/mol. The minimum Gasteiger partial charge on any atom is -0.506 e. The van der Waals surface area contributed by atoms with Crippen molar-refractivity contribution in [2.75, 3.05) is 13.2 Å². The molecule has 0 aliphatic carbocycles. The third kappa shape index (κ3) is 2.28. The van der Waals surface area contributed by atoms with E-state index in [0.717, 1.165) is 11.0 Å². The second-order valence-corrected chi connectivity index (χ2v) is 4.20. The highest BCUT2D eigenvalue weighted by atomic mass is 16.5. The second-order valence-electron chi connectivity index (χ2n) is 4.20. The minimum atomic E-state index is -0.0693. The number of aromatic hydroxyl groups is 1. The van der Waals surface area contributed by atoms with E-state index in [-0.39, 0.29) is 19.0 Å². The van der Waals surface area contributed by atoms with Gasteiger partial charge in [0.25, 0.3) is 0 Å². The third-order valence-corrected chi connectivity index (χ3v) is 2.81. The number of rotatable bonds is 4. The Labute approximate surface area is 114 Å². The number of nitrogens with zero attached hydrogens (tertiary/aromatic N) is 3. The van der Waals surface area contributed by atoms with E-state index in [1.54, 1.807) is 12.1 Å². The van der Waals surface area contributed by atoms with Gasteiger partial charge >= 0.3 is 0 Å². The minimum absolute atomic E-state index is 0.0571. The van der Waals surface area contributed by atoms with Crippen molar-refractivity contribution in [2.24, 2.45) is 0 Å². The molecule has 6 heteroatoms. The summed E-state index contributed by atoms with van der Waals surface area (Å²) in [4.78, 5) is 1.37. The number of phenols is 1. The highest BCUT2D eigenvalue weighted by Gasteiger charge is 2.10. The van der Waals surface area contributed by atoms with Crippen LogP contribution in [0.15, 0.2) is 42.5 Å². The summed E-state index contributed by atoms with van der Waals surface area (Å²) in [5.74, 6) is 0.592. The second kappa shape index (κ2) is 5.18. The largest absolute Gasteiger partial charge is 0.506 e. The zero-order valence-electron chi connectivity index (χ0n) is 10.6. The monoisotopic (exact) mass is 271 g/mol. The van der Waals surface area contributed by atoms with E-state index in [2.05, 4.69) is 10.2 Å². The van der Waals surface area contributed by atoms with Crippen molar-refractivity contribution in [3.63, 3.8) is 0 Å². The van der Waals surface area contributed by atoms with Crippen molar-refractivity contribution in [3.05, 3.63) is 42.5 Å². The Morgan fingerprint density at radius 3 is 2.40 bits per heavy atom. The molecule has 20 heavy (non-hydrogen) atoms. The van der Waals surface area contributed by atoms with Gasteiger partial charge in [-0.15, -0.1) is 15.0 Å². The summed E-state index contributed by atoms with van der Waals surface area (Å²) in [5.41, 5.74) is 1.92. The number of hydrogen-bond acceptors (Lipinski definition) is 5. The molecule has 0 unspecified atom stereocenters. The average Bonchev–Trinajstić information content (AvgIpc) is 2.90. The summed E-state index contributed by atoms with van der Waals surface area (Å²) < 4.78 is 5.32. The molecule has 0 spiro atoms. The summed E-state index contributed by atoms with van der Waals surface area (Å²) in [5, 5.41) is 27.3. The van der Waals surface area contributed by atoms with E-state index in [1.807, 2.05) is 24.3 Å². The maximum atomic E-state index is 9.93. The third-order valence-electron chi connectivity index (χ3n) is 2.81. The zero-order valence-corrected chi connectivity index (χ0v) is 10.6. The van der Waals surface area contributed by atoms with Gasteiger partial charge in [0, 0.05) is 6.07 Å². The standard InChI is InChI=1S/C14H13N3O3/c18-7-8-20-10-5-6-14(19)13(9-10)17-15-11-3-1-2-4-12(11)16-17/h1-6,9,18-19H,7-8H2. The first-order chi connectivity index (χ1) is 9.78. The molecule has 3 rings (SSSR count). The number of fused-ring (bicyclic) bond motifs is 1. The molecule has 0 bridgehead atoms. The Morgan fingerprint density at radius 1 is 1.05 bits per heavy atom. The molecule has 0 fully saturated rings. The lowest BCUT2D eigenvalue weighted by molar-refractivity contribution is 0.201. The van der Waals surface area contributed by atoms with Crippen LogP contribution in [0.5, 0.6) is 11.5 Å². The fourth-order valence-corrected chi connectivity index (χ4v) is 1.88. The molecule has 0 radical (unpaired) electrons. The first-order valence-electron chi connectivity index (χ1n) is 6.17. The van der Waals surface area contributed by atoms with Gasteiger partial charge in [-0.25, -0.2) is 0 Å². The molecule has 0 aliphatic rings. The van der Waals surface area contributed by atoms with Crippen LogP contribution in [0.25, 0.3) is 16.7 Å². The number of aliphatic hydroxyl groups is 1. The normalized spacial score (nSPS) is 10.8. The van der Waals surface area contributed by atoms with Gasteiger partial charge in [-0.1, -0.05) is 12.1 Å². The molecule has 2 N–H and O–H groups in total. The van der Waals surface area contributed by atoms with E-state index >= 15 is 0 Å². The lowest BCUT2D eigenvalue weighted by atomic mass is 10.3. The first kappa shape index (κ1) is 12.4. The molecular weight excluding hydrogens is 258 g/mol. The highest BCUT2D eigenvalue weighted by Crippen LogP contribution is 2.26. The van der Waals surface area contributed by atoms with Gasteiger partial charge in [0.15, 0.2) is 0 Å². The number of benzene rings is 2. The van der Waals surface area contributed by atoms with Crippen molar-refractivity contribution in [1.82, 2.24) is 15.0 Å². The average molecular weight is 271 g/mol. The van der Waals surface area contributed by atoms with Crippen LogP contribution in [-0.4, -0.2) is 38.4 Å². The summed E-state index contributed by atoms with van der Waals surface area (Å²) in [6.45, 7) is 0.124. The Bertz CT molecular complexity index is 706. The molecule has 0 atom stereocenters. The van der Waals surface area contributed by atoms with Gasteiger partial charge in [0.2, 0.25) is 0 Å². The topological polar surface area (TPSA) is 80.4 Å². The number of aliphatic hydroxyl groups excluding tert-OH is 1. The number of ether oxygens (including phenoxy) is 1. The Morgan fingerprint density at radius 2 is 1.75 bits per heavy atom. The lowest BCUT2D eigenvalue weighted by Gasteiger charge is -2.07. The first-order valence-corrected chi connectivity index (χ1v) is 6.17. The maximum Gasteiger partial charge on any atom is 0.143 e. The van der Waals surface area contributed by atoms with Crippen molar-refractivity contribution < 1.29 is 14.9 Å². The Hall–Kier alpha value is -2.60. The van der Waals surface area contributed by atoms with Crippen LogP contribution in [0.2, 0.25) is 0 Å². The highest BCUT2D eigenvalue weighted by molar-refractivity contribution is 5.73. The van der Waals surface area contributed by atoms with Crippen LogP contribution >= 0.6 is 0 Å². The number of hydrogen-bond donors (Lipinski definition) is 2. The van der Waals surface area contributed by atoms with E-state index in [1.165, 1.54) is 10.9 Å². The van der Waals surface area contributed by atoms with Gasteiger partial charge in [0.1, 0.15) is 34.8 Å². The summed E-state index contributed by atoms with van der Waals surface area (Å²) in [6.07, 6.45) is 0. The van der Waals surface area contributed by atoms with Crippen molar-refractivity contribution in [2.45, 2.75) is 0 Å². The quantitative estimate of drug-likeness (QED) is 0.751. The molecule has 0 aliphatic heterocycles. The molecule has 2 aromatic carbocycles. The molecular formula is C14H13N3O3. The van der Waals surface area contributed by atoms with Gasteiger partial charge < -0.3 is 14.9 Å². The smallest absolute Gasteiger partial charge is 0.143 e. The van der Waals surface area contributed by atoms with Crippen LogP contribution < -0.4 is 4.74 Å². The van der Waals surface area contributed by atoms with Crippen LogP contribution in [0.1, 0.15) is 0 Å². The lowest BCUT2D eigenvalue weighted by Crippen LogP contribution is -2.03. The Kier molecular flexibility index (Phi) is 3.22. The van der Waals surface area contributed by atoms with Gasteiger partial charge in [-0.05, 0) is 24.3 Å². The molecule has 0 saturated carbocycles. The molecule has 3 aromatic rings. The number of aromatic nitrogens is 3. The van der Waals surface area contributed by atoms with Crippen molar-refractivity contribution in [1.29, 1.82) is 0 Å². The molecule has 1 heterocycles. The van der Waals surface area contributed by atoms with Crippen LogP contribution in [0.4, 0.5) is 0 Å². The predicted octanol–water partition coefficient (Wildman–Crippen LogP) is 1.50. The van der Waals surface area contributed by atoms with Crippen LogP contribution in [-0.2, 0) is 0 Å². The molecule has 0 amide bonds. The molecule has 102 valence electrons. The maximum absolute atomic E-state index is 9.93. The van der Waals surface area contributed by atoms with E-state index < -0.39 is 0 Å². The molecule has 0 saturated heterocycles. The van der Waals surface area contributed by atoms with Crippen molar-refractivity contribution >= 4 is 11.0 Å². The summed E-state index contributed by atoms with van der Waals surface area (Å²) in [6, 6.07) is 12.2. The fraction of sp³-hybridized carbons (Fsp3) is 0.143. The molecule has 6 nitrogen and oxygen atoms in total. The van der Waals surface area contributed by atoms with Gasteiger partial charge in [-0.3, -0.25) is 0 Å². The number of phenolic OH excluding ortho intramolecular Hbond substituents is 1. The van der Waals surface area contributed by atoms with Crippen molar-refractivity contribution in [3.8, 4) is 17.2 Å². The van der Waals surface area contributed by atoms with Crippen LogP contribution in [0, 0.1) is 0 Å². The van der Waals surface area contributed by atoms with E-state index in [0.29, 0.717) is 11.4 Å². The Balaban J connectivity index is 2.03. The van der Waals surface area contributed by atoms with E-state index in [9.17, 15) is 5.11 Å². The fourth-order valence-electron chi connectivity index (χ4n) is 1.88. The molecule has 1 aromatic heterocycles. The summed E-state index contributed by atoms with van der Waals surface area (Å²) >= 11 is 0.